The molecule has 2 aromatic carbocycles. The predicted octanol–water partition coefficient (Wildman–Crippen LogP) is 2.62. The van der Waals surface area contributed by atoms with Gasteiger partial charge in [-0.2, -0.15) is 0 Å². The Morgan fingerprint density at radius 2 is 1.96 bits per heavy atom. The van der Waals surface area contributed by atoms with E-state index in [0.29, 0.717) is 18.0 Å². The number of rotatable bonds is 8. The quantitative estimate of drug-likeness (QED) is 0.698. The van der Waals surface area contributed by atoms with Gasteiger partial charge in [0, 0.05) is 12.6 Å². The highest BCUT2D eigenvalue weighted by Gasteiger charge is 2.10. The van der Waals surface area contributed by atoms with E-state index < -0.39 is 0 Å². The minimum atomic E-state index is -0.0349. The van der Waals surface area contributed by atoms with Gasteiger partial charge < -0.3 is 25.0 Å². The number of aromatic hydroxyl groups is 1. The minimum Gasteiger partial charge on any atom is -0.508 e. The molecule has 0 heterocycles. The number of phenols is 1. The normalized spacial score (nSPS) is 12.0. The molecule has 0 amide bonds. The van der Waals surface area contributed by atoms with Gasteiger partial charge in [-0.15, -0.1) is 0 Å². The molecule has 0 bridgehead atoms. The van der Waals surface area contributed by atoms with Crippen molar-refractivity contribution in [1.82, 2.24) is 5.32 Å². The van der Waals surface area contributed by atoms with Gasteiger partial charge in [0.1, 0.15) is 12.4 Å². The first-order chi connectivity index (χ1) is 11.1. The maximum absolute atomic E-state index is 9.49. The Labute approximate surface area is 136 Å². The van der Waals surface area contributed by atoms with Crippen LogP contribution in [0.4, 0.5) is 0 Å². The first-order valence-corrected chi connectivity index (χ1v) is 7.57. The second-order valence-electron chi connectivity index (χ2n) is 5.25. The summed E-state index contributed by atoms with van der Waals surface area (Å²) in [5, 5.41) is 21.7. The zero-order valence-corrected chi connectivity index (χ0v) is 13.5. The summed E-state index contributed by atoms with van der Waals surface area (Å²) in [4.78, 5) is 0. The molecule has 0 saturated heterocycles. The van der Waals surface area contributed by atoms with Crippen LogP contribution in [0.15, 0.2) is 42.5 Å². The fourth-order valence-corrected chi connectivity index (χ4v) is 2.28. The van der Waals surface area contributed by atoms with Gasteiger partial charge in [-0.05, 0) is 42.3 Å². The maximum atomic E-state index is 9.49. The molecule has 0 fully saturated rings. The Morgan fingerprint density at radius 3 is 2.65 bits per heavy atom. The largest absolute Gasteiger partial charge is 0.508 e. The Kier molecular flexibility index (Phi) is 6.26. The Hall–Kier alpha value is -2.24. The van der Waals surface area contributed by atoms with E-state index in [-0.39, 0.29) is 25.0 Å². The van der Waals surface area contributed by atoms with E-state index in [4.69, 9.17) is 14.6 Å². The zero-order chi connectivity index (χ0) is 16.7. The van der Waals surface area contributed by atoms with Crippen LogP contribution >= 0.6 is 0 Å². The first-order valence-electron chi connectivity index (χ1n) is 7.57. The van der Waals surface area contributed by atoms with E-state index in [1.165, 1.54) is 0 Å². The molecule has 2 aromatic rings. The molecule has 0 unspecified atom stereocenters. The van der Waals surface area contributed by atoms with Crippen LogP contribution in [0.1, 0.15) is 24.1 Å². The number of aliphatic hydroxyl groups is 1. The molecule has 1 atom stereocenters. The molecule has 0 aliphatic carbocycles. The van der Waals surface area contributed by atoms with E-state index in [9.17, 15) is 5.11 Å². The number of ether oxygens (including phenoxy) is 2. The van der Waals surface area contributed by atoms with Crippen molar-refractivity contribution >= 4 is 0 Å². The molecule has 0 aliphatic rings. The number of nitrogens with one attached hydrogen (secondary N) is 1. The number of hydrogen-bond donors (Lipinski definition) is 3. The summed E-state index contributed by atoms with van der Waals surface area (Å²) in [7, 11) is 1.59. The van der Waals surface area contributed by atoms with Crippen molar-refractivity contribution in [3.63, 3.8) is 0 Å². The van der Waals surface area contributed by atoms with E-state index >= 15 is 0 Å². The maximum Gasteiger partial charge on any atom is 0.161 e. The van der Waals surface area contributed by atoms with E-state index in [1.54, 1.807) is 19.2 Å². The molecule has 0 spiro atoms. The highest BCUT2D eigenvalue weighted by atomic mass is 16.5. The summed E-state index contributed by atoms with van der Waals surface area (Å²) >= 11 is 0. The van der Waals surface area contributed by atoms with Crippen LogP contribution < -0.4 is 14.8 Å². The number of hydrogen-bond acceptors (Lipinski definition) is 5. The van der Waals surface area contributed by atoms with Crippen molar-refractivity contribution in [2.75, 3.05) is 20.3 Å². The van der Waals surface area contributed by atoms with Crippen molar-refractivity contribution in [2.24, 2.45) is 0 Å². The van der Waals surface area contributed by atoms with Crippen molar-refractivity contribution in [3.05, 3.63) is 53.6 Å². The standard InChI is InChI=1S/C18H23NO4/c1-13(19-12-14-4-3-5-16(21)10-14)15-6-7-17(23-9-8-20)18(11-15)22-2/h3-7,10-11,13,19-21H,8-9,12H2,1-2H3/t13-/m0/s1. The molecule has 5 nitrogen and oxygen atoms in total. The highest BCUT2D eigenvalue weighted by Crippen LogP contribution is 2.30. The third kappa shape index (κ3) is 4.87. The van der Waals surface area contributed by atoms with E-state index in [0.717, 1.165) is 11.1 Å². The highest BCUT2D eigenvalue weighted by molar-refractivity contribution is 5.43. The molecule has 0 saturated carbocycles. The van der Waals surface area contributed by atoms with Crippen molar-refractivity contribution < 1.29 is 19.7 Å². The van der Waals surface area contributed by atoms with Crippen LogP contribution in [-0.2, 0) is 6.54 Å². The molecule has 0 radical (unpaired) electrons. The SMILES string of the molecule is COc1cc([C@H](C)NCc2cccc(O)c2)ccc1OCCO. The average molecular weight is 317 g/mol. The Morgan fingerprint density at radius 1 is 1.13 bits per heavy atom. The first kappa shape index (κ1) is 17.1. The molecular formula is C18H23NO4. The van der Waals surface area contributed by atoms with Crippen LogP contribution in [0.5, 0.6) is 17.2 Å². The molecule has 2 rings (SSSR count). The van der Waals surface area contributed by atoms with Gasteiger partial charge in [0.15, 0.2) is 11.5 Å². The topological polar surface area (TPSA) is 71.0 Å². The molecule has 0 aromatic heterocycles. The molecule has 124 valence electrons. The number of methoxy groups -OCH3 is 1. The molecule has 0 aliphatic heterocycles. The second-order valence-corrected chi connectivity index (χ2v) is 5.25. The lowest BCUT2D eigenvalue weighted by Gasteiger charge is -2.17. The molecule has 5 heteroatoms. The third-order valence-corrected chi connectivity index (χ3v) is 3.56. The van der Waals surface area contributed by atoms with Gasteiger partial charge in [0.05, 0.1) is 13.7 Å². The van der Waals surface area contributed by atoms with Crippen LogP contribution in [0.3, 0.4) is 0 Å². The second kappa shape index (κ2) is 8.41. The average Bonchev–Trinajstić information content (AvgIpc) is 2.57. The van der Waals surface area contributed by atoms with Gasteiger partial charge in [-0.3, -0.25) is 0 Å². The summed E-state index contributed by atoms with van der Waals surface area (Å²) in [5.41, 5.74) is 2.09. The zero-order valence-electron chi connectivity index (χ0n) is 13.5. The van der Waals surface area contributed by atoms with Gasteiger partial charge in [-0.25, -0.2) is 0 Å². The summed E-state index contributed by atoms with van der Waals surface area (Å²) in [5.74, 6) is 1.52. The molecular weight excluding hydrogens is 294 g/mol. The number of aliphatic hydroxyl groups excluding tert-OH is 1. The fourth-order valence-electron chi connectivity index (χ4n) is 2.28. The summed E-state index contributed by atoms with van der Waals surface area (Å²) < 4.78 is 10.8. The third-order valence-electron chi connectivity index (χ3n) is 3.56. The summed E-state index contributed by atoms with van der Waals surface area (Å²) in [6.45, 7) is 2.92. The van der Waals surface area contributed by atoms with Crippen LogP contribution in [0.2, 0.25) is 0 Å². The molecule has 3 N–H and O–H groups in total. The van der Waals surface area contributed by atoms with Gasteiger partial charge in [0.25, 0.3) is 0 Å². The van der Waals surface area contributed by atoms with E-state index in [2.05, 4.69) is 12.2 Å². The lowest BCUT2D eigenvalue weighted by atomic mass is 10.1. The van der Waals surface area contributed by atoms with Gasteiger partial charge in [0.2, 0.25) is 0 Å². The minimum absolute atomic E-state index is 0.0349. The fraction of sp³-hybridized carbons (Fsp3) is 0.333. The van der Waals surface area contributed by atoms with Crippen LogP contribution in [0.25, 0.3) is 0 Å². The predicted molar refractivity (Wildman–Crippen MR) is 88.9 cm³/mol. The summed E-state index contributed by atoms with van der Waals surface area (Å²) in [6.07, 6.45) is 0. The van der Waals surface area contributed by atoms with Crippen molar-refractivity contribution in [3.8, 4) is 17.2 Å². The van der Waals surface area contributed by atoms with E-state index in [1.807, 2.05) is 30.3 Å². The Balaban J connectivity index is 2.02. The van der Waals surface area contributed by atoms with Crippen molar-refractivity contribution in [1.29, 1.82) is 0 Å². The van der Waals surface area contributed by atoms with Crippen molar-refractivity contribution in [2.45, 2.75) is 19.5 Å². The van der Waals surface area contributed by atoms with Crippen LogP contribution in [0, 0.1) is 0 Å². The van der Waals surface area contributed by atoms with Crippen LogP contribution in [-0.4, -0.2) is 30.5 Å². The smallest absolute Gasteiger partial charge is 0.161 e. The Bertz CT molecular complexity index is 630. The summed E-state index contributed by atoms with van der Waals surface area (Å²) in [6, 6.07) is 13.0. The van der Waals surface area contributed by atoms with Gasteiger partial charge >= 0.3 is 0 Å². The lowest BCUT2D eigenvalue weighted by molar-refractivity contribution is 0.196. The van der Waals surface area contributed by atoms with Gasteiger partial charge in [-0.1, -0.05) is 18.2 Å². The molecule has 23 heavy (non-hydrogen) atoms. The number of benzene rings is 2. The lowest BCUT2D eigenvalue weighted by Crippen LogP contribution is -2.18. The number of phenolic OH excluding ortho intramolecular Hbond substituents is 1. The monoisotopic (exact) mass is 317 g/mol.